The van der Waals surface area contributed by atoms with E-state index in [0.717, 1.165) is 25.9 Å². The lowest BCUT2D eigenvalue weighted by Gasteiger charge is -2.27. The molecule has 114 valence electrons. The van der Waals surface area contributed by atoms with Crippen LogP contribution in [-0.4, -0.2) is 28.9 Å². The minimum absolute atomic E-state index is 0.00240. The normalized spacial score (nSPS) is 14.7. The predicted octanol–water partition coefficient (Wildman–Crippen LogP) is 3.59. The highest BCUT2D eigenvalue weighted by molar-refractivity contribution is 5.99. The number of halogens is 1. The summed E-state index contributed by atoms with van der Waals surface area (Å²) < 4.78 is 13.0. The van der Waals surface area contributed by atoms with Crippen molar-refractivity contribution >= 4 is 17.4 Å². The molecule has 2 heterocycles. The van der Waals surface area contributed by atoms with Gasteiger partial charge in [-0.15, -0.1) is 0 Å². The Balaban J connectivity index is 1.82. The molecule has 3 rings (SSSR count). The number of anilines is 2. The average molecular weight is 299 g/mol. The number of benzene rings is 1. The van der Waals surface area contributed by atoms with E-state index in [1.54, 1.807) is 30.5 Å². The van der Waals surface area contributed by atoms with E-state index in [4.69, 9.17) is 0 Å². The highest BCUT2D eigenvalue weighted by atomic mass is 19.1. The number of carbonyl (C=O) groups excluding carboxylic acids is 1. The molecule has 1 fully saturated rings. The summed E-state index contributed by atoms with van der Waals surface area (Å²) in [5, 5.41) is 3.09. The Hall–Kier alpha value is -2.43. The van der Waals surface area contributed by atoms with Crippen molar-refractivity contribution in [2.75, 3.05) is 18.4 Å². The van der Waals surface area contributed by atoms with E-state index >= 15 is 0 Å². The third-order valence-electron chi connectivity index (χ3n) is 3.79. The van der Waals surface area contributed by atoms with Crippen LogP contribution in [0.2, 0.25) is 0 Å². The lowest BCUT2D eigenvalue weighted by Crippen LogP contribution is -2.36. The summed E-state index contributed by atoms with van der Waals surface area (Å²) in [5.74, 6) is 0.207. The maximum atomic E-state index is 13.0. The summed E-state index contributed by atoms with van der Waals surface area (Å²) in [4.78, 5) is 18.8. The molecular formula is C17H18FN3O. The summed E-state index contributed by atoms with van der Waals surface area (Å²) in [5.41, 5.74) is 1.25. The number of pyridine rings is 1. The van der Waals surface area contributed by atoms with Crippen LogP contribution in [0.4, 0.5) is 15.9 Å². The van der Waals surface area contributed by atoms with E-state index in [1.807, 2.05) is 4.90 Å². The molecule has 1 aromatic carbocycles. The molecule has 0 aliphatic carbocycles. The van der Waals surface area contributed by atoms with Crippen molar-refractivity contribution in [3.8, 4) is 0 Å². The highest BCUT2D eigenvalue weighted by Gasteiger charge is 2.21. The van der Waals surface area contributed by atoms with Crippen LogP contribution in [0.3, 0.4) is 0 Å². The van der Waals surface area contributed by atoms with Crippen LogP contribution >= 0.6 is 0 Å². The topological polar surface area (TPSA) is 45.2 Å². The second-order valence-electron chi connectivity index (χ2n) is 5.38. The highest BCUT2D eigenvalue weighted by Crippen LogP contribution is 2.21. The van der Waals surface area contributed by atoms with Gasteiger partial charge in [0, 0.05) is 25.0 Å². The summed E-state index contributed by atoms with van der Waals surface area (Å²) in [6, 6.07) is 9.52. The quantitative estimate of drug-likeness (QED) is 0.942. The lowest BCUT2D eigenvalue weighted by atomic mass is 10.1. The van der Waals surface area contributed by atoms with Crippen molar-refractivity contribution in [1.29, 1.82) is 0 Å². The van der Waals surface area contributed by atoms with Crippen molar-refractivity contribution in [1.82, 2.24) is 9.88 Å². The summed E-state index contributed by atoms with van der Waals surface area (Å²) in [6.45, 7) is 1.59. The first-order chi connectivity index (χ1) is 10.7. The molecule has 0 saturated carbocycles. The molecule has 22 heavy (non-hydrogen) atoms. The molecule has 1 amide bonds. The molecule has 0 unspecified atom stereocenters. The zero-order valence-corrected chi connectivity index (χ0v) is 12.3. The number of nitrogens with zero attached hydrogens (tertiary/aromatic N) is 2. The van der Waals surface area contributed by atoms with Crippen molar-refractivity contribution in [3.63, 3.8) is 0 Å². The SMILES string of the molecule is O=C(c1cccnc1Nc1ccc(F)cc1)N1CCCCC1. The van der Waals surface area contributed by atoms with Gasteiger partial charge in [-0.25, -0.2) is 9.37 Å². The molecule has 0 atom stereocenters. The minimum atomic E-state index is -0.295. The fraction of sp³-hybridized carbons (Fsp3) is 0.294. The van der Waals surface area contributed by atoms with Gasteiger partial charge in [0.15, 0.2) is 0 Å². The number of piperidine rings is 1. The van der Waals surface area contributed by atoms with E-state index in [2.05, 4.69) is 10.3 Å². The Morgan fingerprint density at radius 3 is 2.55 bits per heavy atom. The Bertz CT molecular complexity index is 651. The van der Waals surface area contributed by atoms with Crippen LogP contribution in [0.25, 0.3) is 0 Å². The molecule has 4 nitrogen and oxygen atoms in total. The molecule has 1 aliphatic rings. The second kappa shape index (κ2) is 6.56. The van der Waals surface area contributed by atoms with Crippen LogP contribution in [0, 0.1) is 5.82 Å². The Kier molecular flexibility index (Phi) is 4.32. The molecule has 2 aromatic rings. The average Bonchev–Trinajstić information content (AvgIpc) is 2.58. The van der Waals surface area contributed by atoms with E-state index in [-0.39, 0.29) is 11.7 Å². The Labute approximate surface area is 129 Å². The second-order valence-corrected chi connectivity index (χ2v) is 5.38. The molecule has 0 spiro atoms. The summed E-state index contributed by atoms with van der Waals surface area (Å²) in [7, 11) is 0. The zero-order valence-electron chi connectivity index (χ0n) is 12.3. The van der Waals surface area contributed by atoms with Gasteiger partial charge in [-0.2, -0.15) is 0 Å². The minimum Gasteiger partial charge on any atom is -0.340 e. The van der Waals surface area contributed by atoms with Gasteiger partial charge >= 0.3 is 0 Å². The first-order valence-electron chi connectivity index (χ1n) is 7.51. The molecule has 5 heteroatoms. The predicted molar refractivity (Wildman–Crippen MR) is 83.7 cm³/mol. The van der Waals surface area contributed by atoms with Crippen LogP contribution in [-0.2, 0) is 0 Å². The largest absolute Gasteiger partial charge is 0.340 e. The maximum Gasteiger partial charge on any atom is 0.257 e. The number of hydrogen-bond acceptors (Lipinski definition) is 3. The van der Waals surface area contributed by atoms with Gasteiger partial charge < -0.3 is 10.2 Å². The molecular weight excluding hydrogens is 281 g/mol. The standard InChI is InChI=1S/C17H18FN3O/c18-13-6-8-14(9-7-13)20-16-15(5-4-10-19-16)17(22)21-11-2-1-3-12-21/h4-10H,1-3,11-12H2,(H,19,20). The monoisotopic (exact) mass is 299 g/mol. The number of rotatable bonds is 3. The smallest absolute Gasteiger partial charge is 0.257 e. The first kappa shape index (κ1) is 14.5. The van der Waals surface area contributed by atoms with Crippen molar-refractivity contribution in [2.45, 2.75) is 19.3 Å². The number of amides is 1. The van der Waals surface area contributed by atoms with Crippen molar-refractivity contribution in [2.24, 2.45) is 0 Å². The third kappa shape index (κ3) is 3.24. The summed E-state index contributed by atoms with van der Waals surface area (Å²) in [6.07, 6.45) is 4.91. The number of likely N-dealkylation sites (tertiary alicyclic amines) is 1. The van der Waals surface area contributed by atoms with Crippen LogP contribution < -0.4 is 5.32 Å². The fourth-order valence-corrected chi connectivity index (χ4v) is 2.61. The number of hydrogen-bond donors (Lipinski definition) is 1. The van der Waals surface area contributed by atoms with Crippen LogP contribution in [0.5, 0.6) is 0 Å². The van der Waals surface area contributed by atoms with Gasteiger partial charge in [0.1, 0.15) is 11.6 Å². The first-order valence-corrected chi connectivity index (χ1v) is 7.51. The van der Waals surface area contributed by atoms with E-state index in [0.29, 0.717) is 17.1 Å². The molecule has 0 bridgehead atoms. The van der Waals surface area contributed by atoms with E-state index < -0.39 is 0 Å². The lowest BCUT2D eigenvalue weighted by molar-refractivity contribution is 0.0725. The Morgan fingerprint density at radius 2 is 1.82 bits per heavy atom. The van der Waals surface area contributed by atoms with Gasteiger partial charge in [0.05, 0.1) is 5.56 Å². The number of carbonyl (C=O) groups is 1. The van der Waals surface area contributed by atoms with Gasteiger partial charge in [-0.1, -0.05) is 0 Å². The Morgan fingerprint density at radius 1 is 1.09 bits per heavy atom. The van der Waals surface area contributed by atoms with E-state index in [9.17, 15) is 9.18 Å². The van der Waals surface area contributed by atoms with Crippen molar-refractivity contribution < 1.29 is 9.18 Å². The third-order valence-corrected chi connectivity index (χ3v) is 3.79. The van der Waals surface area contributed by atoms with E-state index in [1.165, 1.54) is 18.6 Å². The molecule has 1 aliphatic heterocycles. The summed E-state index contributed by atoms with van der Waals surface area (Å²) >= 11 is 0. The zero-order chi connectivity index (χ0) is 15.4. The van der Waals surface area contributed by atoms with Gasteiger partial charge in [-0.05, 0) is 55.7 Å². The van der Waals surface area contributed by atoms with Crippen LogP contribution in [0.1, 0.15) is 29.6 Å². The fourth-order valence-electron chi connectivity index (χ4n) is 2.61. The number of aromatic nitrogens is 1. The van der Waals surface area contributed by atoms with Gasteiger partial charge in [-0.3, -0.25) is 4.79 Å². The van der Waals surface area contributed by atoms with Gasteiger partial charge in [0.25, 0.3) is 5.91 Å². The molecule has 0 radical (unpaired) electrons. The molecule has 1 N–H and O–H groups in total. The van der Waals surface area contributed by atoms with Crippen LogP contribution in [0.15, 0.2) is 42.6 Å². The van der Waals surface area contributed by atoms with Gasteiger partial charge in [0.2, 0.25) is 0 Å². The van der Waals surface area contributed by atoms with Crippen molar-refractivity contribution in [3.05, 3.63) is 54.0 Å². The number of nitrogens with one attached hydrogen (secondary N) is 1. The molecule has 1 aromatic heterocycles. The maximum absolute atomic E-state index is 13.0. The molecule has 1 saturated heterocycles.